The number of hydrogen-bond acceptors (Lipinski definition) is 3. The third kappa shape index (κ3) is 7.68. The number of nitriles is 1. The van der Waals surface area contributed by atoms with Gasteiger partial charge in [0.25, 0.3) is 0 Å². The first-order valence-electron chi connectivity index (χ1n) is 7.41. The maximum Gasteiger partial charge on any atom is 0.101 e. The first kappa shape index (κ1) is 17.4. The van der Waals surface area contributed by atoms with Crippen LogP contribution in [0, 0.1) is 17.2 Å². The fraction of sp³-hybridized carbons (Fsp3) is 0.933. The highest BCUT2D eigenvalue weighted by Gasteiger charge is 2.16. The Morgan fingerprint density at radius 2 is 1.83 bits per heavy atom. The molecule has 2 N–H and O–H groups in total. The van der Waals surface area contributed by atoms with Gasteiger partial charge in [-0.25, -0.2) is 0 Å². The molecule has 0 aromatic carbocycles. The van der Waals surface area contributed by atoms with Gasteiger partial charge < -0.3 is 10.6 Å². The Morgan fingerprint density at radius 1 is 1.22 bits per heavy atom. The molecule has 18 heavy (non-hydrogen) atoms. The molecule has 3 heteroatoms. The zero-order chi connectivity index (χ0) is 14.0. The second kappa shape index (κ2) is 9.35. The minimum atomic E-state index is -0.646. The van der Waals surface area contributed by atoms with Crippen LogP contribution < -0.4 is 5.73 Å². The van der Waals surface area contributed by atoms with Gasteiger partial charge in [-0.2, -0.15) is 5.26 Å². The second-order valence-corrected chi connectivity index (χ2v) is 5.56. The summed E-state index contributed by atoms with van der Waals surface area (Å²) in [7, 11) is 0. The molecule has 0 saturated heterocycles. The predicted octanol–water partition coefficient (Wildman–Crippen LogP) is 3.16. The maximum absolute atomic E-state index is 8.85. The fourth-order valence-electron chi connectivity index (χ4n) is 2.17. The Bertz CT molecular complexity index is 239. The summed E-state index contributed by atoms with van der Waals surface area (Å²) in [5, 5.41) is 8.85. The summed E-state index contributed by atoms with van der Waals surface area (Å²) < 4.78 is 0. The van der Waals surface area contributed by atoms with Gasteiger partial charge in [0.2, 0.25) is 0 Å². The van der Waals surface area contributed by atoms with Crippen LogP contribution in [0.1, 0.15) is 59.8 Å². The van der Waals surface area contributed by atoms with Crippen LogP contribution in [-0.4, -0.2) is 30.1 Å². The van der Waals surface area contributed by atoms with E-state index in [0.717, 1.165) is 38.3 Å². The van der Waals surface area contributed by atoms with Gasteiger partial charge in [-0.05, 0) is 45.2 Å². The highest BCUT2D eigenvalue weighted by molar-refractivity contribution is 5.00. The molecule has 1 unspecified atom stereocenters. The quantitative estimate of drug-likeness (QED) is 0.608. The van der Waals surface area contributed by atoms with Crippen LogP contribution in [0.5, 0.6) is 0 Å². The monoisotopic (exact) mass is 253 g/mol. The minimum absolute atomic E-state index is 0.646. The molecule has 3 nitrogen and oxygen atoms in total. The molecule has 0 aromatic heterocycles. The van der Waals surface area contributed by atoms with E-state index in [9.17, 15) is 0 Å². The van der Waals surface area contributed by atoms with E-state index in [0.29, 0.717) is 0 Å². The summed E-state index contributed by atoms with van der Waals surface area (Å²) in [6, 6.07) is 2.16. The summed E-state index contributed by atoms with van der Waals surface area (Å²) in [6.45, 7) is 12.0. The van der Waals surface area contributed by atoms with E-state index in [1.807, 2.05) is 6.92 Å². The smallest absolute Gasteiger partial charge is 0.101 e. The number of nitrogens with zero attached hydrogens (tertiary/aromatic N) is 2. The van der Waals surface area contributed by atoms with Crippen molar-refractivity contribution in [2.45, 2.75) is 65.3 Å². The Kier molecular flexibility index (Phi) is 9.05. The fourth-order valence-corrected chi connectivity index (χ4v) is 2.17. The van der Waals surface area contributed by atoms with Crippen molar-refractivity contribution in [2.24, 2.45) is 11.7 Å². The van der Waals surface area contributed by atoms with Gasteiger partial charge in [-0.3, -0.25) is 0 Å². The summed E-state index contributed by atoms with van der Waals surface area (Å²) in [5.74, 6) is 0.823. The standard InChI is InChI=1S/C15H31N3/c1-5-14(6-2)12-18(7-3)11-9-8-10-15(4,17)13-16/h14H,5-12,17H2,1-4H3. The zero-order valence-corrected chi connectivity index (χ0v) is 12.7. The van der Waals surface area contributed by atoms with Gasteiger partial charge in [-0.15, -0.1) is 0 Å². The molecule has 0 radical (unpaired) electrons. The van der Waals surface area contributed by atoms with Crippen molar-refractivity contribution in [3.63, 3.8) is 0 Å². The normalized spacial score (nSPS) is 14.8. The third-order valence-corrected chi connectivity index (χ3v) is 3.79. The molecule has 0 aliphatic carbocycles. The number of unbranched alkanes of at least 4 members (excludes halogenated alkanes) is 1. The lowest BCUT2D eigenvalue weighted by Gasteiger charge is -2.25. The summed E-state index contributed by atoms with van der Waals surface area (Å²) in [6.07, 6.45) is 5.51. The zero-order valence-electron chi connectivity index (χ0n) is 12.7. The lowest BCUT2D eigenvalue weighted by atomic mass is 9.98. The van der Waals surface area contributed by atoms with Crippen molar-refractivity contribution < 1.29 is 0 Å². The lowest BCUT2D eigenvalue weighted by Crippen LogP contribution is -2.34. The molecule has 0 amide bonds. The SMILES string of the molecule is CCC(CC)CN(CC)CCCCC(C)(N)C#N. The van der Waals surface area contributed by atoms with Crippen LogP contribution >= 0.6 is 0 Å². The Labute approximate surface area is 113 Å². The predicted molar refractivity (Wildman–Crippen MR) is 78.2 cm³/mol. The Balaban J connectivity index is 3.85. The largest absolute Gasteiger partial charge is 0.314 e. The van der Waals surface area contributed by atoms with Crippen LogP contribution in [0.25, 0.3) is 0 Å². The van der Waals surface area contributed by atoms with Crippen molar-refractivity contribution in [1.82, 2.24) is 4.90 Å². The van der Waals surface area contributed by atoms with Crippen LogP contribution in [-0.2, 0) is 0 Å². The van der Waals surface area contributed by atoms with Crippen molar-refractivity contribution >= 4 is 0 Å². The van der Waals surface area contributed by atoms with E-state index >= 15 is 0 Å². The van der Waals surface area contributed by atoms with Crippen LogP contribution in [0.2, 0.25) is 0 Å². The van der Waals surface area contributed by atoms with Gasteiger partial charge in [0, 0.05) is 6.54 Å². The molecule has 0 rings (SSSR count). The lowest BCUT2D eigenvalue weighted by molar-refractivity contribution is 0.228. The molecule has 0 aliphatic heterocycles. The average Bonchev–Trinajstić information content (AvgIpc) is 2.38. The molecule has 1 atom stereocenters. The highest BCUT2D eigenvalue weighted by atomic mass is 15.1. The third-order valence-electron chi connectivity index (χ3n) is 3.79. The summed E-state index contributed by atoms with van der Waals surface area (Å²) in [4.78, 5) is 2.53. The van der Waals surface area contributed by atoms with Crippen molar-refractivity contribution in [3.8, 4) is 6.07 Å². The molecule has 0 spiro atoms. The second-order valence-electron chi connectivity index (χ2n) is 5.56. The maximum atomic E-state index is 8.85. The Morgan fingerprint density at radius 3 is 2.28 bits per heavy atom. The molecule has 0 saturated carbocycles. The number of nitrogens with two attached hydrogens (primary N) is 1. The van der Waals surface area contributed by atoms with Crippen LogP contribution in [0.3, 0.4) is 0 Å². The first-order valence-corrected chi connectivity index (χ1v) is 7.41. The molecule has 0 heterocycles. The van der Waals surface area contributed by atoms with Crippen molar-refractivity contribution in [3.05, 3.63) is 0 Å². The highest BCUT2D eigenvalue weighted by Crippen LogP contribution is 2.13. The van der Waals surface area contributed by atoms with Gasteiger partial charge in [0.05, 0.1) is 6.07 Å². The topological polar surface area (TPSA) is 53.0 Å². The molecule has 0 bridgehead atoms. The molecule has 106 valence electrons. The van der Waals surface area contributed by atoms with Crippen LogP contribution in [0.4, 0.5) is 0 Å². The van der Waals surface area contributed by atoms with E-state index in [-0.39, 0.29) is 0 Å². The van der Waals surface area contributed by atoms with E-state index < -0.39 is 5.54 Å². The van der Waals surface area contributed by atoms with Gasteiger partial charge in [0.1, 0.15) is 5.54 Å². The van der Waals surface area contributed by atoms with Gasteiger partial charge in [0.15, 0.2) is 0 Å². The van der Waals surface area contributed by atoms with Crippen molar-refractivity contribution in [2.75, 3.05) is 19.6 Å². The number of rotatable bonds is 10. The Hall–Kier alpha value is -0.590. The molecule has 0 aromatic rings. The first-order chi connectivity index (χ1) is 8.49. The molecular formula is C15H31N3. The van der Waals surface area contributed by atoms with E-state index in [1.54, 1.807) is 0 Å². The van der Waals surface area contributed by atoms with Crippen molar-refractivity contribution in [1.29, 1.82) is 5.26 Å². The van der Waals surface area contributed by atoms with E-state index in [1.165, 1.54) is 19.4 Å². The van der Waals surface area contributed by atoms with E-state index in [4.69, 9.17) is 11.0 Å². The van der Waals surface area contributed by atoms with Crippen LogP contribution in [0.15, 0.2) is 0 Å². The molecule has 0 fully saturated rings. The van der Waals surface area contributed by atoms with E-state index in [2.05, 4.69) is 31.7 Å². The summed E-state index contributed by atoms with van der Waals surface area (Å²) in [5.41, 5.74) is 5.17. The van der Waals surface area contributed by atoms with Gasteiger partial charge >= 0.3 is 0 Å². The summed E-state index contributed by atoms with van der Waals surface area (Å²) >= 11 is 0. The number of hydrogen-bond donors (Lipinski definition) is 1. The minimum Gasteiger partial charge on any atom is -0.314 e. The molecular weight excluding hydrogens is 222 g/mol. The van der Waals surface area contributed by atoms with Gasteiger partial charge in [-0.1, -0.05) is 33.6 Å². The molecule has 0 aliphatic rings. The average molecular weight is 253 g/mol.